The van der Waals surface area contributed by atoms with E-state index in [4.69, 9.17) is 9.05 Å². The van der Waals surface area contributed by atoms with Crippen molar-refractivity contribution in [2.75, 3.05) is 13.2 Å². The van der Waals surface area contributed by atoms with Crippen LogP contribution < -0.4 is 11.1 Å². The van der Waals surface area contributed by atoms with Crippen LogP contribution in [-0.2, 0) is 19.9 Å². The van der Waals surface area contributed by atoms with Gasteiger partial charge in [0.1, 0.15) is 6.29 Å². The molecule has 0 saturated carbocycles. The van der Waals surface area contributed by atoms with Gasteiger partial charge in [0, 0.05) is 15.9 Å². The van der Waals surface area contributed by atoms with Crippen molar-refractivity contribution in [3.63, 3.8) is 0 Å². The van der Waals surface area contributed by atoms with Gasteiger partial charge in [-0.3, -0.25) is 28.8 Å². The summed E-state index contributed by atoms with van der Waals surface area (Å²) in [5, 5.41) is 12.3. The van der Waals surface area contributed by atoms with E-state index in [1.165, 1.54) is 6.07 Å². The van der Waals surface area contributed by atoms with E-state index in [2.05, 4.69) is 20.9 Å². The molecule has 0 radical (unpaired) electrons. The number of nitrogens with one attached hydrogen (secondary N) is 1. The molecular weight excluding hydrogens is 469 g/mol. The molecule has 2 aromatic carbocycles. The van der Waals surface area contributed by atoms with Crippen molar-refractivity contribution in [3.05, 3.63) is 59.6 Å². The number of nitro benzene ring substituents is 1. The van der Waals surface area contributed by atoms with E-state index in [0.717, 1.165) is 4.57 Å². The lowest BCUT2D eigenvalue weighted by Gasteiger charge is -2.19. The highest BCUT2D eigenvalue weighted by atomic mass is 79.9. The summed E-state index contributed by atoms with van der Waals surface area (Å²) in [5.74, 6) is 0. The van der Waals surface area contributed by atoms with Crippen molar-refractivity contribution >= 4 is 51.0 Å². The Morgan fingerprint density at radius 1 is 1.24 bits per heavy atom. The molecule has 0 aliphatic carbocycles. The number of nitrogens with zero attached hydrogens (tertiary/aromatic N) is 2. The lowest BCUT2D eigenvalue weighted by atomic mass is 10.1. The molecule has 0 atom stereocenters. The summed E-state index contributed by atoms with van der Waals surface area (Å²) in [5.41, 5.74) is -1.99. The van der Waals surface area contributed by atoms with E-state index in [9.17, 15) is 24.3 Å². The molecule has 154 valence electrons. The number of halogens is 1. The Morgan fingerprint density at radius 2 is 1.90 bits per heavy atom. The summed E-state index contributed by atoms with van der Waals surface area (Å²) >= 11 is 3.29. The first kappa shape index (κ1) is 21.4. The molecule has 0 saturated heterocycles. The SMILES string of the molecule is CCOP(=O)(Cn1c(=O)c(=O)[nH]c2c3cccc(Br)c3c([N+](=O)[O-])cc21)OCC. The second-order valence-corrected chi connectivity index (χ2v) is 8.86. The zero-order valence-corrected chi connectivity index (χ0v) is 18.0. The normalized spacial score (nSPS) is 12.0. The van der Waals surface area contributed by atoms with Gasteiger partial charge >= 0.3 is 18.7 Å². The topological polar surface area (TPSA) is 134 Å². The van der Waals surface area contributed by atoms with Gasteiger partial charge in [-0.2, -0.15) is 0 Å². The zero-order chi connectivity index (χ0) is 21.3. The Bertz CT molecular complexity index is 1270. The quantitative estimate of drug-likeness (QED) is 0.177. The molecule has 0 spiro atoms. The van der Waals surface area contributed by atoms with Crippen LogP contribution in [0.2, 0.25) is 0 Å². The Balaban J connectivity index is 2.45. The van der Waals surface area contributed by atoms with Crippen LogP contribution >= 0.6 is 23.5 Å². The lowest BCUT2D eigenvalue weighted by Crippen LogP contribution is -2.36. The Hall–Kier alpha value is -2.33. The highest BCUT2D eigenvalue weighted by molar-refractivity contribution is 9.10. The van der Waals surface area contributed by atoms with Gasteiger partial charge in [0.2, 0.25) is 0 Å². The molecule has 3 rings (SSSR count). The van der Waals surface area contributed by atoms with Crippen LogP contribution in [0, 0.1) is 10.1 Å². The number of fused-ring (bicyclic) bond motifs is 3. The fourth-order valence-electron chi connectivity index (χ4n) is 3.12. The summed E-state index contributed by atoms with van der Waals surface area (Å²) in [4.78, 5) is 38.4. The molecule has 29 heavy (non-hydrogen) atoms. The molecule has 1 N–H and O–H groups in total. The molecule has 0 fully saturated rings. The van der Waals surface area contributed by atoms with Gasteiger partial charge in [0.05, 0.1) is 34.6 Å². The minimum Gasteiger partial charge on any atom is -0.315 e. The number of nitro groups is 1. The van der Waals surface area contributed by atoms with E-state index in [1.54, 1.807) is 32.0 Å². The molecule has 0 aliphatic heterocycles. The monoisotopic (exact) mass is 485 g/mol. The van der Waals surface area contributed by atoms with Gasteiger partial charge in [-0.1, -0.05) is 12.1 Å². The van der Waals surface area contributed by atoms with Crippen LogP contribution in [0.15, 0.2) is 38.3 Å². The van der Waals surface area contributed by atoms with E-state index in [0.29, 0.717) is 9.86 Å². The van der Waals surface area contributed by atoms with Crippen LogP contribution in [0.25, 0.3) is 21.8 Å². The molecule has 10 nitrogen and oxygen atoms in total. The average Bonchev–Trinajstić information content (AvgIpc) is 2.65. The average molecular weight is 486 g/mol. The maximum atomic E-state index is 13.0. The molecule has 1 aromatic heterocycles. The molecule has 0 bridgehead atoms. The Labute approximate surface area is 172 Å². The third-order valence-corrected chi connectivity index (χ3v) is 6.79. The summed E-state index contributed by atoms with van der Waals surface area (Å²) in [6, 6.07) is 6.04. The second kappa shape index (κ2) is 8.19. The smallest absolute Gasteiger partial charge is 0.315 e. The third kappa shape index (κ3) is 3.91. The van der Waals surface area contributed by atoms with E-state index < -0.39 is 29.9 Å². The first-order chi connectivity index (χ1) is 13.7. The van der Waals surface area contributed by atoms with Gasteiger partial charge in [-0.15, -0.1) is 0 Å². The van der Waals surface area contributed by atoms with E-state index >= 15 is 0 Å². The minimum atomic E-state index is -3.77. The Morgan fingerprint density at radius 3 is 2.48 bits per heavy atom. The first-order valence-corrected chi connectivity index (χ1v) is 11.1. The molecule has 0 amide bonds. The number of H-pyrrole nitrogens is 1. The van der Waals surface area contributed by atoms with Crippen LogP contribution in [-0.4, -0.2) is 27.7 Å². The van der Waals surface area contributed by atoms with Gasteiger partial charge < -0.3 is 14.0 Å². The molecule has 1 heterocycles. The third-order valence-electron chi connectivity index (χ3n) is 4.20. The van der Waals surface area contributed by atoms with Gasteiger partial charge in [-0.05, 0) is 35.8 Å². The van der Waals surface area contributed by atoms with Crippen molar-refractivity contribution in [3.8, 4) is 0 Å². The number of hydrogen-bond acceptors (Lipinski definition) is 7. The number of aromatic amines is 1. The van der Waals surface area contributed by atoms with Gasteiger partial charge in [0.15, 0.2) is 0 Å². The van der Waals surface area contributed by atoms with Crippen LogP contribution in [0.1, 0.15) is 13.8 Å². The molecule has 12 heteroatoms. The van der Waals surface area contributed by atoms with Crippen molar-refractivity contribution < 1.29 is 18.5 Å². The van der Waals surface area contributed by atoms with Crippen LogP contribution in [0.5, 0.6) is 0 Å². The van der Waals surface area contributed by atoms with Crippen molar-refractivity contribution in [1.29, 1.82) is 0 Å². The van der Waals surface area contributed by atoms with Crippen LogP contribution in [0.3, 0.4) is 0 Å². The van der Waals surface area contributed by atoms with Gasteiger partial charge in [0.25, 0.3) is 5.69 Å². The van der Waals surface area contributed by atoms with Crippen molar-refractivity contribution in [2.45, 2.75) is 20.1 Å². The fraction of sp³-hybridized carbons (Fsp3) is 0.294. The van der Waals surface area contributed by atoms with Crippen LogP contribution in [0.4, 0.5) is 5.69 Å². The lowest BCUT2D eigenvalue weighted by molar-refractivity contribution is -0.383. The molecular formula is C17H17BrN3O7P. The van der Waals surface area contributed by atoms with Crippen molar-refractivity contribution in [2.24, 2.45) is 0 Å². The van der Waals surface area contributed by atoms with E-state index in [-0.39, 0.29) is 35.3 Å². The summed E-state index contributed by atoms with van der Waals surface area (Å²) < 4.78 is 24.8. The van der Waals surface area contributed by atoms with Crippen molar-refractivity contribution in [1.82, 2.24) is 9.55 Å². The van der Waals surface area contributed by atoms with Gasteiger partial charge in [-0.25, -0.2) is 0 Å². The number of rotatable bonds is 7. The summed E-state index contributed by atoms with van der Waals surface area (Å²) in [6.45, 7) is 3.34. The number of hydrogen-bond donors (Lipinski definition) is 1. The first-order valence-electron chi connectivity index (χ1n) is 8.63. The fourth-order valence-corrected chi connectivity index (χ4v) is 5.34. The van der Waals surface area contributed by atoms with E-state index in [1.807, 2.05) is 0 Å². The second-order valence-electron chi connectivity index (χ2n) is 5.98. The Kier molecular flexibility index (Phi) is 6.04. The standard InChI is InChI=1S/C17H17BrN3O7P/c1-3-27-29(26,28-4-2)9-20-13-8-12(21(24)25)14-10(6-5-7-11(14)18)15(13)19-16(22)17(20)23/h5-8H,3-4,9H2,1-2H3,(H,19,22). The summed E-state index contributed by atoms with van der Waals surface area (Å²) in [7, 11) is -3.77. The molecule has 3 aromatic rings. The number of aromatic nitrogens is 2. The zero-order valence-electron chi connectivity index (χ0n) is 15.5. The predicted octanol–water partition coefficient (Wildman–Crippen LogP) is 3.74. The summed E-state index contributed by atoms with van der Waals surface area (Å²) in [6.07, 6.45) is -0.551. The number of benzene rings is 2. The highest BCUT2D eigenvalue weighted by Gasteiger charge is 2.28. The molecule has 0 aliphatic rings. The number of non-ortho nitro benzene ring substituents is 1. The minimum absolute atomic E-state index is 0.0477. The highest BCUT2D eigenvalue weighted by Crippen LogP contribution is 2.50. The molecule has 0 unspecified atom stereocenters. The largest absolute Gasteiger partial charge is 0.350 e. The maximum Gasteiger partial charge on any atom is 0.350 e. The maximum absolute atomic E-state index is 13.0. The predicted molar refractivity (Wildman–Crippen MR) is 112 cm³/mol.